The topological polar surface area (TPSA) is 54.0 Å². The molecule has 29 heavy (non-hydrogen) atoms. The molecule has 1 N–H and O–H groups in total. The summed E-state index contributed by atoms with van der Waals surface area (Å²) in [6.45, 7) is 1.98. The number of carbonyl (C=O) groups is 1. The fraction of sp³-hybridized carbons (Fsp3) is 0.300. The van der Waals surface area contributed by atoms with Crippen LogP contribution in [0.3, 0.4) is 0 Å². The Kier molecular flexibility index (Phi) is 5.48. The van der Waals surface area contributed by atoms with Crippen molar-refractivity contribution in [1.82, 2.24) is 9.80 Å². The molecule has 6 nitrogen and oxygen atoms in total. The molecule has 1 saturated heterocycles. The number of fused-ring (bicyclic) bond motifs is 1. The van der Waals surface area contributed by atoms with Crippen molar-refractivity contribution in [3.05, 3.63) is 54.1 Å². The summed E-state index contributed by atoms with van der Waals surface area (Å²) in [6, 6.07) is 10.4. The molecule has 1 unspecified atom stereocenters. The highest BCUT2D eigenvalue weighted by Crippen LogP contribution is 2.31. The van der Waals surface area contributed by atoms with Gasteiger partial charge in [-0.05, 0) is 36.5 Å². The zero-order valence-corrected chi connectivity index (χ0v) is 16.3. The van der Waals surface area contributed by atoms with E-state index in [0.717, 1.165) is 18.2 Å². The summed E-state index contributed by atoms with van der Waals surface area (Å²) in [4.78, 5) is 16.3. The molecule has 152 valence electrons. The molecule has 2 aromatic rings. The van der Waals surface area contributed by atoms with Crippen molar-refractivity contribution in [3.8, 4) is 11.5 Å². The smallest absolute Gasteiger partial charge is 0.267 e. The third kappa shape index (κ3) is 4.24. The molecule has 2 aliphatic heterocycles. The van der Waals surface area contributed by atoms with Crippen molar-refractivity contribution >= 4 is 28.9 Å². The SMILES string of the molecule is O=C(C1COc2ccccc2O1)N1CCN(C(=S)Nc2cc(F)ccc2F)CC1. The number of rotatable bonds is 2. The van der Waals surface area contributed by atoms with Crippen LogP contribution in [0.2, 0.25) is 0 Å². The van der Waals surface area contributed by atoms with Crippen LogP contribution in [-0.4, -0.2) is 59.7 Å². The fourth-order valence-corrected chi connectivity index (χ4v) is 3.55. The van der Waals surface area contributed by atoms with Gasteiger partial charge in [0.15, 0.2) is 16.6 Å². The minimum Gasteiger partial charge on any atom is -0.485 e. The zero-order valence-electron chi connectivity index (χ0n) is 15.4. The summed E-state index contributed by atoms with van der Waals surface area (Å²) in [7, 11) is 0. The van der Waals surface area contributed by atoms with Gasteiger partial charge in [-0.1, -0.05) is 12.1 Å². The third-order valence-corrected chi connectivity index (χ3v) is 5.19. The number of para-hydroxylation sites is 2. The van der Waals surface area contributed by atoms with E-state index in [0.29, 0.717) is 37.7 Å². The molecule has 2 heterocycles. The van der Waals surface area contributed by atoms with Gasteiger partial charge >= 0.3 is 0 Å². The minimum atomic E-state index is -0.692. The van der Waals surface area contributed by atoms with Crippen molar-refractivity contribution in [2.75, 3.05) is 38.1 Å². The van der Waals surface area contributed by atoms with Gasteiger partial charge in [0, 0.05) is 32.2 Å². The van der Waals surface area contributed by atoms with E-state index in [-0.39, 0.29) is 23.3 Å². The first-order valence-corrected chi connectivity index (χ1v) is 9.60. The number of piperazine rings is 1. The van der Waals surface area contributed by atoms with E-state index in [1.54, 1.807) is 17.0 Å². The zero-order chi connectivity index (χ0) is 20.4. The van der Waals surface area contributed by atoms with Crippen LogP contribution in [-0.2, 0) is 4.79 Å². The van der Waals surface area contributed by atoms with Gasteiger partial charge in [-0.25, -0.2) is 8.78 Å². The molecule has 0 bridgehead atoms. The molecule has 0 aliphatic carbocycles. The highest BCUT2D eigenvalue weighted by Gasteiger charge is 2.33. The van der Waals surface area contributed by atoms with Gasteiger partial charge in [-0.3, -0.25) is 4.79 Å². The molecular weight excluding hydrogens is 400 g/mol. The normalized spacial score (nSPS) is 18.3. The van der Waals surface area contributed by atoms with Gasteiger partial charge in [0.1, 0.15) is 18.2 Å². The molecule has 0 spiro atoms. The van der Waals surface area contributed by atoms with E-state index in [1.165, 1.54) is 0 Å². The summed E-state index contributed by atoms with van der Waals surface area (Å²) in [5.41, 5.74) is -0.0140. The Morgan fingerprint density at radius 1 is 1.03 bits per heavy atom. The molecule has 0 radical (unpaired) electrons. The molecule has 9 heteroatoms. The predicted octanol–water partition coefficient (Wildman–Crippen LogP) is 2.65. The highest BCUT2D eigenvalue weighted by atomic mass is 32.1. The van der Waals surface area contributed by atoms with Crippen molar-refractivity contribution < 1.29 is 23.0 Å². The molecule has 2 aliphatic rings. The van der Waals surface area contributed by atoms with Crippen molar-refractivity contribution in [3.63, 3.8) is 0 Å². The van der Waals surface area contributed by atoms with Crippen LogP contribution in [0, 0.1) is 11.6 Å². The van der Waals surface area contributed by atoms with Crippen molar-refractivity contribution in [2.45, 2.75) is 6.10 Å². The van der Waals surface area contributed by atoms with E-state index < -0.39 is 17.7 Å². The van der Waals surface area contributed by atoms with Gasteiger partial charge in [0.25, 0.3) is 5.91 Å². The first-order chi connectivity index (χ1) is 14.0. The van der Waals surface area contributed by atoms with Crippen LogP contribution < -0.4 is 14.8 Å². The summed E-state index contributed by atoms with van der Waals surface area (Å²) in [5, 5.41) is 3.02. The Hall–Kier alpha value is -2.94. The van der Waals surface area contributed by atoms with Crippen LogP contribution in [0.5, 0.6) is 11.5 Å². The average Bonchev–Trinajstić information content (AvgIpc) is 2.75. The van der Waals surface area contributed by atoms with Gasteiger partial charge in [-0.15, -0.1) is 0 Å². The molecule has 2 aromatic carbocycles. The lowest BCUT2D eigenvalue weighted by molar-refractivity contribution is -0.142. The largest absolute Gasteiger partial charge is 0.485 e. The van der Waals surface area contributed by atoms with E-state index in [1.807, 2.05) is 17.0 Å². The predicted molar refractivity (Wildman–Crippen MR) is 107 cm³/mol. The third-order valence-electron chi connectivity index (χ3n) is 4.83. The van der Waals surface area contributed by atoms with E-state index in [2.05, 4.69) is 5.32 Å². The number of halogens is 2. The Labute approximate surface area is 172 Å². The van der Waals surface area contributed by atoms with Crippen molar-refractivity contribution in [2.24, 2.45) is 0 Å². The lowest BCUT2D eigenvalue weighted by Gasteiger charge is -2.38. The molecule has 1 fully saturated rings. The number of hydrogen-bond donors (Lipinski definition) is 1. The van der Waals surface area contributed by atoms with E-state index in [9.17, 15) is 13.6 Å². The molecule has 1 amide bonds. The van der Waals surface area contributed by atoms with Crippen LogP contribution in [0.1, 0.15) is 0 Å². The van der Waals surface area contributed by atoms with Gasteiger partial charge in [0.05, 0.1) is 5.69 Å². The number of nitrogens with one attached hydrogen (secondary N) is 1. The number of ether oxygens (including phenoxy) is 2. The average molecular weight is 419 g/mol. The number of nitrogens with zero attached hydrogens (tertiary/aromatic N) is 2. The number of hydrogen-bond acceptors (Lipinski definition) is 4. The van der Waals surface area contributed by atoms with E-state index >= 15 is 0 Å². The number of amides is 1. The number of thiocarbonyl (C=S) groups is 1. The first kappa shape index (κ1) is 19.4. The number of carbonyl (C=O) groups excluding carboxylic acids is 1. The maximum Gasteiger partial charge on any atom is 0.267 e. The number of benzene rings is 2. The Bertz CT molecular complexity index is 935. The molecular formula is C20H19F2N3O3S. The summed E-state index contributed by atoms with van der Waals surface area (Å²) < 4.78 is 38.5. The monoisotopic (exact) mass is 419 g/mol. The summed E-state index contributed by atoms with van der Waals surface area (Å²) >= 11 is 5.31. The van der Waals surface area contributed by atoms with Crippen LogP contribution in [0.15, 0.2) is 42.5 Å². The first-order valence-electron chi connectivity index (χ1n) is 9.19. The summed E-state index contributed by atoms with van der Waals surface area (Å²) in [6.07, 6.45) is -0.692. The lowest BCUT2D eigenvalue weighted by atomic mass is 10.2. The molecule has 1 atom stereocenters. The van der Waals surface area contributed by atoms with Crippen LogP contribution in [0.25, 0.3) is 0 Å². The van der Waals surface area contributed by atoms with Gasteiger partial charge < -0.3 is 24.6 Å². The van der Waals surface area contributed by atoms with Crippen molar-refractivity contribution in [1.29, 1.82) is 0 Å². The van der Waals surface area contributed by atoms with Crippen LogP contribution in [0.4, 0.5) is 14.5 Å². The fourth-order valence-electron chi connectivity index (χ4n) is 3.26. The second-order valence-electron chi connectivity index (χ2n) is 6.73. The molecule has 0 aromatic heterocycles. The minimum absolute atomic E-state index is 0.0140. The van der Waals surface area contributed by atoms with Gasteiger partial charge in [-0.2, -0.15) is 0 Å². The summed E-state index contributed by atoms with van der Waals surface area (Å²) in [5.74, 6) is -0.101. The standard InChI is InChI=1S/C20H19F2N3O3S/c21-13-5-6-14(22)15(11-13)23-20(29)25-9-7-24(8-10-25)19(26)18-12-27-16-3-1-2-4-17(16)28-18/h1-6,11,18H,7-10,12H2,(H,23,29). The maximum atomic E-state index is 13.8. The molecule has 4 rings (SSSR count). The second-order valence-corrected chi connectivity index (χ2v) is 7.12. The number of anilines is 1. The Morgan fingerprint density at radius 2 is 1.72 bits per heavy atom. The Balaban J connectivity index is 1.32. The van der Waals surface area contributed by atoms with Gasteiger partial charge in [0.2, 0.25) is 6.10 Å². The van der Waals surface area contributed by atoms with Crippen LogP contribution >= 0.6 is 12.2 Å². The Morgan fingerprint density at radius 3 is 2.48 bits per heavy atom. The van der Waals surface area contributed by atoms with E-state index in [4.69, 9.17) is 21.7 Å². The molecule has 0 saturated carbocycles. The lowest BCUT2D eigenvalue weighted by Crippen LogP contribution is -2.55. The quantitative estimate of drug-likeness (QED) is 0.756. The second kappa shape index (κ2) is 8.20. The highest BCUT2D eigenvalue weighted by molar-refractivity contribution is 7.80. The maximum absolute atomic E-state index is 13.8.